The van der Waals surface area contributed by atoms with Crippen molar-refractivity contribution in [2.24, 2.45) is 5.92 Å². The summed E-state index contributed by atoms with van der Waals surface area (Å²) in [6.45, 7) is 3.59. The fraction of sp³-hybridized carbons (Fsp3) is 0.250. The zero-order valence-electron chi connectivity index (χ0n) is 19.8. The van der Waals surface area contributed by atoms with Crippen LogP contribution in [0.5, 0.6) is 0 Å². The highest BCUT2D eigenvalue weighted by Crippen LogP contribution is 2.28. The average molecular weight is 475 g/mol. The van der Waals surface area contributed by atoms with E-state index in [-0.39, 0.29) is 12.5 Å². The minimum Gasteiger partial charge on any atom is -0.480 e. The summed E-state index contributed by atoms with van der Waals surface area (Å²) in [5, 5.41) is 15.3. The molecule has 182 valence electrons. The average Bonchev–Trinajstić information content (AvgIpc) is 2.87. The number of hydrogen-bond acceptors (Lipinski definition) is 4. The van der Waals surface area contributed by atoms with Crippen molar-refractivity contribution in [3.63, 3.8) is 0 Å². The van der Waals surface area contributed by atoms with Gasteiger partial charge in [0.05, 0.1) is 0 Å². The Morgan fingerprint density at radius 1 is 0.743 bits per heavy atom. The number of ether oxygens (including phenoxy) is 1. The quantitative estimate of drug-likeness (QED) is 0.406. The van der Waals surface area contributed by atoms with Crippen LogP contribution in [0.25, 0.3) is 0 Å². The lowest BCUT2D eigenvalue weighted by Gasteiger charge is -2.29. The Morgan fingerprint density at radius 2 is 1.23 bits per heavy atom. The van der Waals surface area contributed by atoms with Gasteiger partial charge in [-0.15, -0.1) is 0 Å². The van der Waals surface area contributed by atoms with Gasteiger partial charge in [0.15, 0.2) is 0 Å². The van der Waals surface area contributed by atoms with E-state index in [9.17, 15) is 19.5 Å². The molecule has 3 aromatic rings. The van der Waals surface area contributed by atoms with Gasteiger partial charge in [-0.1, -0.05) is 105 Å². The lowest BCUT2D eigenvalue weighted by molar-refractivity contribution is -0.142. The van der Waals surface area contributed by atoms with E-state index in [4.69, 9.17) is 4.74 Å². The molecule has 0 saturated carbocycles. The van der Waals surface area contributed by atoms with Gasteiger partial charge in [0.2, 0.25) is 5.91 Å². The van der Waals surface area contributed by atoms with Crippen LogP contribution in [-0.4, -0.2) is 35.2 Å². The minimum absolute atomic E-state index is 0.0565. The van der Waals surface area contributed by atoms with Gasteiger partial charge >= 0.3 is 12.1 Å². The molecule has 0 aliphatic heterocycles. The molecule has 7 heteroatoms. The number of carbonyl (C=O) groups is 3. The van der Waals surface area contributed by atoms with Crippen LogP contribution in [0.4, 0.5) is 4.79 Å². The predicted molar refractivity (Wildman–Crippen MR) is 133 cm³/mol. The molecule has 0 unspecified atom stereocenters. The second-order valence-electron chi connectivity index (χ2n) is 8.55. The molecular weight excluding hydrogens is 444 g/mol. The van der Waals surface area contributed by atoms with Crippen molar-refractivity contribution in [1.82, 2.24) is 10.6 Å². The van der Waals surface area contributed by atoms with Gasteiger partial charge in [-0.2, -0.15) is 0 Å². The lowest BCUT2D eigenvalue weighted by Crippen LogP contribution is -2.55. The number of benzene rings is 3. The van der Waals surface area contributed by atoms with Crippen LogP contribution in [0.3, 0.4) is 0 Å². The molecule has 2 amide bonds. The zero-order valence-corrected chi connectivity index (χ0v) is 19.8. The first-order chi connectivity index (χ1) is 16.9. The SMILES string of the molecule is CC(C)[C@H](NC(=O)OCc1ccccc1)C(=O)N[C@H](C(=O)O)C(c1ccccc1)c1ccccc1. The zero-order chi connectivity index (χ0) is 25.2. The van der Waals surface area contributed by atoms with Crippen molar-refractivity contribution in [2.45, 2.75) is 38.5 Å². The van der Waals surface area contributed by atoms with E-state index < -0.39 is 36.0 Å². The Balaban J connectivity index is 1.78. The molecule has 0 aliphatic carbocycles. The topological polar surface area (TPSA) is 105 Å². The van der Waals surface area contributed by atoms with E-state index in [0.29, 0.717) is 0 Å². The van der Waals surface area contributed by atoms with Crippen molar-refractivity contribution in [1.29, 1.82) is 0 Å². The first kappa shape index (κ1) is 25.5. The first-order valence-electron chi connectivity index (χ1n) is 11.5. The second-order valence-corrected chi connectivity index (χ2v) is 8.55. The molecule has 3 rings (SSSR count). The van der Waals surface area contributed by atoms with Crippen LogP contribution < -0.4 is 10.6 Å². The highest BCUT2D eigenvalue weighted by atomic mass is 16.5. The standard InChI is InChI=1S/C28H30N2O5/c1-19(2)24(30-28(34)35-18-20-12-6-3-7-13-20)26(31)29-25(27(32)33)23(21-14-8-4-9-15-21)22-16-10-5-11-17-22/h3-17,19,23-25H,18H2,1-2H3,(H,29,31)(H,30,34)(H,32,33)/t24-,25-/m0/s1. The second kappa shape index (κ2) is 12.4. The molecule has 0 spiro atoms. The van der Waals surface area contributed by atoms with Crippen molar-refractivity contribution < 1.29 is 24.2 Å². The summed E-state index contributed by atoms with van der Waals surface area (Å²) in [5.74, 6) is -2.71. The molecule has 3 aromatic carbocycles. The third kappa shape index (κ3) is 7.17. The Labute approximate surface area is 205 Å². The summed E-state index contributed by atoms with van der Waals surface area (Å²) < 4.78 is 5.25. The number of nitrogens with one attached hydrogen (secondary N) is 2. The van der Waals surface area contributed by atoms with Crippen LogP contribution in [0.15, 0.2) is 91.0 Å². The smallest absolute Gasteiger partial charge is 0.408 e. The minimum atomic E-state index is -1.25. The predicted octanol–water partition coefficient (Wildman–Crippen LogP) is 4.34. The number of carbonyl (C=O) groups excluding carboxylic acids is 2. The summed E-state index contributed by atoms with van der Waals surface area (Å²) in [7, 11) is 0. The number of carboxylic acid groups (broad SMARTS) is 1. The van der Waals surface area contributed by atoms with Gasteiger partial charge in [0.25, 0.3) is 0 Å². The Kier molecular flexibility index (Phi) is 9.01. The van der Waals surface area contributed by atoms with Crippen LogP contribution >= 0.6 is 0 Å². The van der Waals surface area contributed by atoms with E-state index in [1.165, 1.54) is 0 Å². The van der Waals surface area contributed by atoms with E-state index in [1.54, 1.807) is 13.8 Å². The summed E-state index contributed by atoms with van der Waals surface area (Å²) in [6.07, 6.45) is -0.753. The highest BCUT2D eigenvalue weighted by Gasteiger charge is 2.35. The molecule has 35 heavy (non-hydrogen) atoms. The Bertz CT molecular complexity index is 1060. The maximum Gasteiger partial charge on any atom is 0.408 e. The molecule has 0 heterocycles. The maximum atomic E-state index is 13.2. The summed E-state index contributed by atoms with van der Waals surface area (Å²) in [4.78, 5) is 38.0. The fourth-order valence-electron chi connectivity index (χ4n) is 3.86. The van der Waals surface area contributed by atoms with Crippen molar-refractivity contribution in [2.75, 3.05) is 0 Å². The molecule has 0 aliphatic rings. The monoisotopic (exact) mass is 474 g/mol. The van der Waals surface area contributed by atoms with Crippen LogP contribution in [0, 0.1) is 5.92 Å². The number of aliphatic carboxylic acids is 1. The normalized spacial score (nSPS) is 12.6. The summed E-state index contributed by atoms with van der Waals surface area (Å²) in [5.41, 5.74) is 2.32. The first-order valence-corrected chi connectivity index (χ1v) is 11.5. The maximum absolute atomic E-state index is 13.2. The van der Waals surface area contributed by atoms with Gasteiger partial charge < -0.3 is 20.5 Å². The van der Waals surface area contributed by atoms with Crippen LogP contribution in [-0.2, 0) is 20.9 Å². The van der Waals surface area contributed by atoms with Gasteiger partial charge in [-0.25, -0.2) is 9.59 Å². The molecular formula is C28H30N2O5. The van der Waals surface area contributed by atoms with Crippen molar-refractivity contribution in [3.05, 3.63) is 108 Å². The largest absolute Gasteiger partial charge is 0.480 e. The Hall–Kier alpha value is -4.13. The highest BCUT2D eigenvalue weighted by molar-refractivity contribution is 5.90. The molecule has 0 bridgehead atoms. The number of rotatable bonds is 10. The van der Waals surface area contributed by atoms with Gasteiger partial charge in [0, 0.05) is 5.92 Å². The molecule has 0 radical (unpaired) electrons. The molecule has 0 fully saturated rings. The Morgan fingerprint density at radius 3 is 1.69 bits per heavy atom. The summed E-state index contributed by atoms with van der Waals surface area (Å²) >= 11 is 0. The van der Waals surface area contributed by atoms with Crippen LogP contribution in [0.2, 0.25) is 0 Å². The van der Waals surface area contributed by atoms with Crippen molar-refractivity contribution in [3.8, 4) is 0 Å². The van der Waals surface area contributed by atoms with Crippen molar-refractivity contribution >= 4 is 18.0 Å². The van der Waals surface area contributed by atoms with E-state index in [2.05, 4.69) is 10.6 Å². The lowest BCUT2D eigenvalue weighted by atomic mass is 9.84. The van der Waals surface area contributed by atoms with Crippen LogP contribution in [0.1, 0.15) is 36.5 Å². The fourth-order valence-corrected chi connectivity index (χ4v) is 3.86. The van der Waals surface area contributed by atoms with E-state index in [0.717, 1.165) is 16.7 Å². The van der Waals surface area contributed by atoms with Gasteiger partial charge in [-0.3, -0.25) is 4.79 Å². The number of amides is 2. The summed E-state index contributed by atoms with van der Waals surface area (Å²) in [6, 6.07) is 25.3. The molecule has 2 atom stereocenters. The number of hydrogen-bond donors (Lipinski definition) is 3. The van der Waals surface area contributed by atoms with E-state index >= 15 is 0 Å². The third-order valence-corrected chi connectivity index (χ3v) is 5.65. The number of alkyl carbamates (subject to hydrolysis) is 1. The number of carboxylic acids is 1. The van der Waals surface area contributed by atoms with Gasteiger partial charge in [0.1, 0.15) is 18.7 Å². The van der Waals surface area contributed by atoms with Gasteiger partial charge in [-0.05, 0) is 22.6 Å². The molecule has 0 saturated heterocycles. The van der Waals surface area contributed by atoms with E-state index in [1.807, 2.05) is 91.0 Å². The third-order valence-electron chi connectivity index (χ3n) is 5.65. The molecule has 0 aromatic heterocycles. The molecule has 3 N–H and O–H groups in total. The molecule has 7 nitrogen and oxygen atoms in total.